The number of aryl methyl sites for hydroxylation is 1. The highest BCUT2D eigenvalue weighted by Gasteiger charge is 2.54. The van der Waals surface area contributed by atoms with Gasteiger partial charge in [0.15, 0.2) is 6.29 Å². The van der Waals surface area contributed by atoms with Gasteiger partial charge in [0.2, 0.25) is 5.91 Å². The van der Waals surface area contributed by atoms with Crippen LogP contribution in [0.2, 0.25) is 0 Å². The summed E-state index contributed by atoms with van der Waals surface area (Å²) in [6.07, 6.45) is -0.941. The van der Waals surface area contributed by atoms with Crippen molar-refractivity contribution in [3.8, 4) is 0 Å². The summed E-state index contributed by atoms with van der Waals surface area (Å²) in [4.78, 5) is 52.4. The number of fused-ring (bicyclic) bond motifs is 5. The summed E-state index contributed by atoms with van der Waals surface area (Å²) in [6.45, 7) is 16.0. The molecule has 3 fully saturated rings. The molecule has 0 saturated carbocycles. The van der Waals surface area contributed by atoms with Gasteiger partial charge in [-0.3, -0.25) is 19.4 Å². The van der Waals surface area contributed by atoms with Gasteiger partial charge in [0, 0.05) is 36.7 Å². The van der Waals surface area contributed by atoms with Gasteiger partial charge in [-0.15, -0.1) is 0 Å². The number of carbonyl (C=O) groups is 3. The molecule has 354 valence electrons. The summed E-state index contributed by atoms with van der Waals surface area (Å²) in [6, 6.07) is 15.1. The molecular weight excluding hydrogens is 819 g/mol. The molecule has 4 heterocycles. The number of pyridine rings is 1. The number of esters is 2. The normalized spacial score (nSPS) is 37.0. The van der Waals surface area contributed by atoms with Crippen LogP contribution in [-0.2, 0) is 55.6 Å². The topological polar surface area (TPSA) is 176 Å². The third-order valence-corrected chi connectivity index (χ3v) is 13.4. The second kappa shape index (κ2) is 22.5. The van der Waals surface area contributed by atoms with Crippen LogP contribution in [0.5, 0.6) is 0 Å². The SMILES string of the molecule is CC[C@@H]1OC(=O)[C@H](C)[C@@H](OC(=O)Cc2ccccn2)[C@H](C)[C@@H](O[C@@H]2O[C@H](C)C[C@H](N(C)C)[C@H]2O)[C@@]2(C)C[C@@H](C)C(=NC(C)=O)[C@@H](C)[C@H](OC/C(=C/CCc3ccccc3)CO2)[C@]1(C)O. The molecule has 14 atom stereocenters. The Balaban J connectivity index is 1.74. The highest BCUT2D eigenvalue weighted by Crippen LogP contribution is 2.42. The van der Waals surface area contributed by atoms with E-state index in [1.807, 2.05) is 78.7 Å². The third kappa shape index (κ3) is 12.7. The van der Waals surface area contributed by atoms with Crippen LogP contribution in [-0.4, -0.2) is 131 Å². The van der Waals surface area contributed by atoms with Gasteiger partial charge in [-0.1, -0.05) is 70.2 Å². The van der Waals surface area contributed by atoms with E-state index in [4.69, 9.17) is 28.4 Å². The summed E-state index contributed by atoms with van der Waals surface area (Å²) in [5.74, 6) is -4.81. The lowest BCUT2D eigenvalue weighted by molar-refractivity contribution is -0.303. The lowest BCUT2D eigenvalue weighted by Crippen LogP contribution is -2.61. The molecule has 2 bridgehead atoms. The Bertz CT molecular complexity index is 1910. The smallest absolute Gasteiger partial charge is 0.312 e. The molecule has 64 heavy (non-hydrogen) atoms. The molecule has 14 heteroatoms. The minimum atomic E-state index is -1.80. The predicted octanol–water partition coefficient (Wildman–Crippen LogP) is 6.09. The monoisotopic (exact) mass is 892 g/mol. The third-order valence-electron chi connectivity index (χ3n) is 13.4. The number of aliphatic hydroxyl groups excluding tert-OH is 1. The van der Waals surface area contributed by atoms with Gasteiger partial charge in [-0.05, 0) is 103 Å². The average Bonchev–Trinajstić information content (AvgIpc) is 3.26. The van der Waals surface area contributed by atoms with Crippen LogP contribution in [0.4, 0.5) is 0 Å². The summed E-state index contributed by atoms with van der Waals surface area (Å²) < 4.78 is 40.1. The van der Waals surface area contributed by atoms with Crippen LogP contribution < -0.4 is 0 Å². The molecule has 0 radical (unpaired) electrons. The zero-order chi connectivity index (χ0) is 46.9. The number of allylic oxidation sites excluding steroid dienone is 1. The number of hydrogen-bond donors (Lipinski definition) is 2. The Hall–Kier alpha value is -3.89. The maximum atomic E-state index is 14.6. The Morgan fingerprint density at radius 1 is 1.02 bits per heavy atom. The molecule has 0 spiro atoms. The molecule has 5 rings (SSSR count). The van der Waals surface area contributed by atoms with Crippen molar-refractivity contribution in [2.75, 3.05) is 27.3 Å². The van der Waals surface area contributed by atoms with E-state index in [1.54, 1.807) is 38.2 Å². The lowest BCUT2D eigenvalue weighted by Gasteiger charge is -2.49. The van der Waals surface area contributed by atoms with Gasteiger partial charge in [0.05, 0.1) is 55.2 Å². The molecule has 0 aliphatic carbocycles. The molecule has 2 N–H and O–H groups in total. The fourth-order valence-corrected chi connectivity index (χ4v) is 9.97. The van der Waals surface area contributed by atoms with Crippen molar-refractivity contribution in [3.63, 3.8) is 0 Å². The Kier molecular flexibility index (Phi) is 18.0. The first-order valence-corrected chi connectivity index (χ1v) is 23.0. The molecule has 14 nitrogen and oxygen atoms in total. The highest BCUT2D eigenvalue weighted by molar-refractivity contribution is 5.97. The van der Waals surface area contributed by atoms with Gasteiger partial charge in [-0.25, -0.2) is 4.99 Å². The molecule has 1 amide bonds. The number of amides is 1. The maximum Gasteiger partial charge on any atom is 0.312 e. The van der Waals surface area contributed by atoms with Crippen LogP contribution in [0.1, 0.15) is 99.3 Å². The number of benzene rings is 1. The first-order valence-electron chi connectivity index (χ1n) is 23.0. The Morgan fingerprint density at radius 3 is 2.36 bits per heavy atom. The van der Waals surface area contributed by atoms with Crippen LogP contribution in [0.3, 0.4) is 0 Å². The number of aliphatic imine (C=N–C) groups is 1. The molecular formula is C50H73N3O11. The predicted molar refractivity (Wildman–Crippen MR) is 242 cm³/mol. The largest absolute Gasteiger partial charge is 0.461 e. The van der Waals surface area contributed by atoms with Crippen molar-refractivity contribution >= 4 is 23.6 Å². The average molecular weight is 892 g/mol. The minimum absolute atomic E-state index is 0.0415. The summed E-state index contributed by atoms with van der Waals surface area (Å²) >= 11 is 0. The van der Waals surface area contributed by atoms with E-state index in [0.29, 0.717) is 24.2 Å². The number of aliphatic hydroxyl groups is 2. The first-order chi connectivity index (χ1) is 30.2. The van der Waals surface area contributed by atoms with E-state index in [1.165, 1.54) is 12.5 Å². The lowest BCUT2D eigenvalue weighted by atomic mass is 9.73. The van der Waals surface area contributed by atoms with Gasteiger partial charge >= 0.3 is 11.9 Å². The van der Waals surface area contributed by atoms with Crippen molar-refractivity contribution in [1.82, 2.24) is 9.88 Å². The number of rotatable bonds is 10. The zero-order valence-corrected chi connectivity index (χ0v) is 39.8. The molecule has 0 unspecified atom stereocenters. The standard InChI is InChI=1S/C50H73N3O11/c1-12-40-50(9,58)46-32(4)42(52-35(7)54)30(2)27-49(8,60-29-37(28-59-46)22-18-21-36-19-14-13-15-20-36)45(64-48-43(56)39(53(10)11)25-31(3)61-48)33(5)44(34(6)47(57)62-40)63-41(55)26-38-23-16-17-24-51-38/h13-17,19-20,22-24,30-34,39-40,43-46,48,56,58H,12,18,21,25-29H2,1-11H3/b37-22-,52-42?/t30-,31-,32-,33+,34-,39+,40+,43-,44+,45-,46+,48+,49-,50-/m1/s1. The van der Waals surface area contributed by atoms with Crippen LogP contribution in [0.15, 0.2) is 71.4 Å². The molecule has 3 aliphatic heterocycles. The number of nitrogens with zero attached hydrogens (tertiary/aromatic N) is 3. The summed E-state index contributed by atoms with van der Waals surface area (Å²) in [5, 5.41) is 24.6. The van der Waals surface area contributed by atoms with Gasteiger partial charge in [-0.2, -0.15) is 0 Å². The van der Waals surface area contributed by atoms with Crippen molar-refractivity contribution < 1.29 is 53.0 Å². The number of aromatic nitrogens is 1. The number of carbonyl (C=O) groups excluding carboxylic acids is 3. The minimum Gasteiger partial charge on any atom is -0.461 e. The molecule has 3 saturated heterocycles. The molecule has 1 aromatic heterocycles. The van der Waals surface area contributed by atoms with Crippen LogP contribution in [0.25, 0.3) is 0 Å². The van der Waals surface area contributed by atoms with Crippen LogP contribution >= 0.6 is 0 Å². The number of ether oxygens (including phenoxy) is 6. The van der Waals surface area contributed by atoms with Crippen molar-refractivity contribution in [1.29, 1.82) is 0 Å². The number of cyclic esters (lactones) is 1. The van der Waals surface area contributed by atoms with E-state index in [9.17, 15) is 24.6 Å². The van der Waals surface area contributed by atoms with E-state index in [0.717, 1.165) is 12.0 Å². The van der Waals surface area contributed by atoms with E-state index < -0.39 is 89.5 Å². The van der Waals surface area contributed by atoms with Gasteiger partial charge in [0.1, 0.15) is 23.9 Å². The second-order valence-electron chi connectivity index (χ2n) is 19.0. The van der Waals surface area contributed by atoms with E-state index in [2.05, 4.69) is 28.2 Å². The highest BCUT2D eigenvalue weighted by atomic mass is 16.7. The first kappa shape index (κ1) is 51.1. The van der Waals surface area contributed by atoms with Crippen molar-refractivity contribution in [2.45, 2.75) is 161 Å². The van der Waals surface area contributed by atoms with E-state index in [-0.39, 0.29) is 44.6 Å². The van der Waals surface area contributed by atoms with Gasteiger partial charge in [0.25, 0.3) is 0 Å². The van der Waals surface area contributed by atoms with Crippen LogP contribution in [0, 0.1) is 23.7 Å². The maximum absolute atomic E-state index is 14.6. The van der Waals surface area contributed by atoms with E-state index >= 15 is 0 Å². The zero-order valence-electron chi connectivity index (χ0n) is 39.8. The molecule has 3 aliphatic rings. The van der Waals surface area contributed by atoms with Gasteiger partial charge < -0.3 is 43.5 Å². The Labute approximate surface area is 380 Å². The summed E-state index contributed by atoms with van der Waals surface area (Å²) in [5.41, 5.74) is -0.190. The Morgan fingerprint density at radius 2 is 1.72 bits per heavy atom. The number of likely N-dealkylation sites (N-methyl/N-ethyl adjacent to an activating group) is 1. The fraction of sp³-hybridized carbons (Fsp3) is 0.660. The second-order valence-corrected chi connectivity index (χ2v) is 19.0. The van der Waals surface area contributed by atoms with Crippen molar-refractivity contribution in [3.05, 3.63) is 77.6 Å². The quantitative estimate of drug-likeness (QED) is 0.207. The molecule has 2 aromatic rings. The number of hydrogen-bond acceptors (Lipinski definition) is 13. The fourth-order valence-electron chi connectivity index (χ4n) is 9.97. The van der Waals surface area contributed by atoms with Crippen molar-refractivity contribution in [2.24, 2.45) is 28.7 Å². The molecule has 1 aromatic carbocycles. The summed E-state index contributed by atoms with van der Waals surface area (Å²) in [7, 11) is 3.79.